The second-order valence-electron chi connectivity index (χ2n) is 8.79. The second kappa shape index (κ2) is 12.5. The molecule has 2 fully saturated rings. The van der Waals surface area contributed by atoms with Gasteiger partial charge in [0.2, 0.25) is 30.7 Å². The van der Waals surface area contributed by atoms with Gasteiger partial charge in [-0.15, -0.1) is 0 Å². The molecule has 15 heteroatoms. The molecule has 2 aromatic heterocycles. The van der Waals surface area contributed by atoms with E-state index in [9.17, 15) is 18.4 Å². The van der Waals surface area contributed by atoms with Crippen molar-refractivity contribution in [3.05, 3.63) is 11.9 Å². The van der Waals surface area contributed by atoms with Crippen molar-refractivity contribution in [3.63, 3.8) is 0 Å². The maximum atomic E-state index is 13.8. The molecule has 1 unspecified atom stereocenters. The quantitative estimate of drug-likeness (QED) is 0.289. The predicted octanol–water partition coefficient (Wildman–Crippen LogP) is 0.106. The van der Waals surface area contributed by atoms with Gasteiger partial charge in [-0.3, -0.25) is 9.59 Å². The molecule has 4 rings (SSSR count). The second-order valence-corrected chi connectivity index (χ2v) is 8.79. The fourth-order valence-electron chi connectivity index (χ4n) is 4.37. The Kier molecular flexibility index (Phi) is 8.87. The molecule has 0 saturated carbocycles. The van der Waals surface area contributed by atoms with Crippen LogP contribution in [0.25, 0.3) is 11.4 Å². The smallest absolute Gasteiger partial charge is 0.281 e. The average Bonchev–Trinajstić information content (AvgIpc) is 3.39. The number of ether oxygens (including phenoxy) is 1. The van der Waals surface area contributed by atoms with Crippen LogP contribution < -0.4 is 20.9 Å². The third-order valence-electron chi connectivity index (χ3n) is 6.36. The molecule has 0 spiro atoms. The Morgan fingerprint density at radius 1 is 1.16 bits per heavy atom. The van der Waals surface area contributed by atoms with Crippen molar-refractivity contribution in [1.29, 1.82) is 0 Å². The van der Waals surface area contributed by atoms with Gasteiger partial charge in [-0.05, 0) is 18.8 Å². The summed E-state index contributed by atoms with van der Waals surface area (Å²) < 4.78 is 33.1. The maximum Gasteiger partial charge on any atom is 0.281 e. The minimum Gasteiger partial charge on any atom is -0.378 e. The van der Waals surface area contributed by atoms with Crippen molar-refractivity contribution < 1.29 is 23.1 Å². The number of nitrogens with two attached hydrogens (primary N) is 1. The van der Waals surface area contributed by atoms with E-state index in [1.165, 1.54) is 6.20 Å². The first kappa shape index (κ1) is 26.3. The number of hydrogen-bond donors (Lipinski definition) is 2. The van der Waals surface area contributed by atoms with Crippen LogP contribution >= 0.6 is 0 Å². The summed E-state index contributed by atoms with van der Waals surface area (Å²) in [7, 11) is 0. The molecule has 0 radical (unpaired) electrons. The van der Waals surface area contributed by atoms with Gasteiger partial charge in [-0.2, -0.15) is 15.0 Å². The summed E-state index contributed by atoms with van der Waals surface area (Å²) in [5.41, 5.74) is 4.96. The Morgan fingerprint density at radius 3 is 2.68 bits per heavy atom. The van der Waals surface area contributed by atoms with Crippen LogP contribution in [0.2, 0.25) is 0 Å². The molecule has 13 nitrogen and oxygen atoms in total. The summed E-state index contributed by atoms with van der Waals surface area (Å²) in [6.07, 6.45) is 1.39. The Labute approximate surface area is 212 Å². The van der Waals surface area contributed by atoms with Crippen LogP contribution in [-0.4, -0.2) is 102 Å². The highest BCUT2D eigenvalue weighted by atomic mass is 19.3. The van der Waals surface area contributed by atoms with Gasteiger partial charge in [0.1, 0.15) is 5.69 Å². The van der Waals surface area contributed by atoms with E-state index in [-0.39, 0.29) is 23.3 Å². The lowest BCUT2D eigenvalue weighted by atomic mass is 10.0. The molecule has 0 aromatic carbocycles. The molecule has 2 amide bonds. The fourth-order valence-corrected chi connectivity index (χ4v) is 4.37. The van der Waals surface area contributed by atoms with Gasteiger partial charge in [-0.1, -0.05) is 0 Å². The van der Waals surface area contributed by atoms with Crippen LogP contribution in [0.15, 0.2) is 6.20 Å². The van der Waals surface area contributed by atoms with Gasteiger partial charge < -0.3 is 30.5 Å². The van der Waals surface area contributed by atoms with Crippen LogP contribution in [0.5, 0.6) is 0 Å². The normalized spacial score (nSPS) is 17.8. The Hall–Kier alpha value is -3.75. The maximum absolute atomic E-state index is 13.8. The van der Waals surface area contributed by atoms with E-state index < -0.39 is 12.1 Å². The summed E-state index contributed by atoms with van der Waals surface area (Å²) >= 11 is 0. The number of halogens is 2. The predicted molar refractivity (Wildman–Crippen MR) is 130 cm³/mol. The van der Waals surface area contributed by atoms with E-state index in [0.29, 0.717) is 77.3 Å². The molecule has 2 aromatic rings. The zero-order valence-electron chi connectivity index (χ0n) is 20.3. The molecule has 0 aliphatic carbocycles. The average molecular weight is 521 g/mol. The van der Waals surface area contributed by atoms with Crippen molar-refractivity contribution in [3.8, 4) is 11.4 Å². The monoisotopic (exact) mass is 520 g/mol. The summed E-state index contributed by atoms with van der Waals surface area (Å²) in [5, 5.41) is 2.64. The topological polar surface area (TPSA) is 156 Å². The van der Waals surface area contributed by atoms with E-state index >= 15 is 0 Å². The number of likely N-dealkylation sites (tertiary alicyclic amines) is 1. The molecular formula is C22H30F2N10O3. The first-order valence-corrected chi connectivity index (χ1v) is 12.1. The van der Waals surface area contributed by atoms with Crippen molar-refractivity contribution in [2.75, 3.05) is 74.6 Å². The Bertz CT molecular complexity index is 1070. The molecule has 2 saturated heterocycles. The largest absolute Gasteiger partial charge is 0.378 e. The van der Waals surface area contributed by atoms with Gasteiger partial charge in [-0.25, -0.2) is 18.7 Å². The van der Waals surface area contributed by atoms with Crippen LogP contribution in [0.4, 0.5) is 26.6 Å². The molecule has 2 aliphatic rings. The number of nitrogens with one attached hydrogen (secondary N) is 1. The lowest BCUT2D eigenvalue weighted by Crippen LogP contribution is -2.39. The standard InChI is InChI=1S/C22H30F2N10O3/c23-18(24)17-16(11-27-20(25)28-17)19-29-21(31-22(30-19)34-7-9-37-10-8-34)33(6-3-26-13-35)5-2-15-1-4-32(12-15)14-36/h11,13-15,18H,1-10,12H2,(H,26,35)(H2,25,27,28). The fraction of sp³-hybridized carbons (Fsp3) is 0.591. The van der Waals surface area contributed by atoms with Crippen molar-refractivity contribution >= 4 is 30.7 Å². The molecule has 4 heterocycles. The van der Waals surface area contributed by atoms with Gasteiger partial charge in [0.25, 0.3) is 6.43 Å². The highest BCUT2D eigenvalue weighted by Crippen LogP contribution is 2.30. The van der Waals surface area contributed by atoms with Gasteiger partial charge in [0, 0.05) is 52.0 Å². The molecule has 2 aliphatic heterocycles. The van der Waals surface area contributed by atoms with Crippen molar-refractivity contribution in [2.24, 2.45) is 5.92 Å². The molecular weight excluding hydrogens is 490 g/mol. The Morgan fingerprint density at radius 2 is 1.97 bits per heavy atom. The molecule has 37 heavy (non-hydrogen) atoms. The third-order valence-corrected chi connectivity index (χ3v) is 6.36. The summed E-state index contributed by atoms with van der Waals surface area (Å²) in [4.78, 5) is 48.8. The number of alkyl halides is 2. The number of rotatable bonds is 12. The van der Waals surface area contributed by atoms with E-state index in [2.05, 4.69) is 30.2 Å². The van der Waals surface area contributed by atoms with E-state index in [4.69, 9.17) is 10.5 Å². The number of anilines is 3. The zero-order valence-corrected chi connectivity index (χ0v) is 20.3. The first-order chi connectivity index (χ1) is 18.0. The number of carbonyl (C=O) groups excluding carboxylic acids is 2. The number of morpholine rings is 1. The van der Waals surface area contributed by atoms with Gasteiger partial charge >= 0.3 is 0 Å². The summed E-state index contributed by atoms with van der Waals surface area (Å²) in [6, 6.07) is 0. The minimum atomic E-state index is -2.91. The number of nitrogen functional groups attached to an aromatic ring is 1. The minimum absolute atomic E-state index is 0.00290. The number of nitrogens with zero attached hydrogens (tertiary/aromatic N) is 8. The van der Waals surface area contributed by atoms with Crippen LogP contribution in [-0.2, 0) is 14.3 Å². The summed E-state index contributed by atoms with van der Waals surface area (Å²) in [5.74, 6) is 0.637. The van der Waals surface area contributed by atoms with Gasteiger partial charge in [0.15, 0.2) is 5.82 Å². The first-order valence-electron chi connectivity index (χ1n) is 12.1. The lowest BCUT2D eigenvalue weighted by molar-refractivity contribution is -0.117. The molecule has 1 atom stereocenters. The number of carbonyl (C=O) groups is 2. The highest BCUT2D eigenvalue weighted by molar-refractivity contribution is 5.61. The molecule has 3 N–H and O–H groups in total. The Balaban J connectivity index is 1.69. The van der Waals surface area contributed by atoms with Crippen molar-refractivity contribution in [1.82, 2.24) is 35.1 Å². The number of hydrogen-bond acceptors (Lipinski definition) is 11. The highest BCUT2D eigenvalue weighted by Gasteiger charge is 2.26. The molecule has 0 bridgehead atoms. The SMILES string of the molecule is Nc1ncc(-c2nc(N3CCOCC3)nc(N(CCNC=O)CCC3CCN(C=O)C3)n2)c(C(F)F)n1. The van der Waals surface area contributed by atoms with E-state index in [0.717, 1.165) is 19.3 Å². The van der Waals surface area contributed by atoms with Crippen LogP contribution in [0.3, 0.4) is 0 Å². The van der Waals surface area contributed by atoms with Crippen LogP contribution in [0, 0.1) is 5.92 Å². The van der Waals surface area contributed by atoms with Crippen molar-refractivity contribution in [2.45, 2.75) is 19.3 Å². The van der Waals surface area contributed by atoms with E-state index in [1.807, 2.05) is 9.80 Å². The van der Waals surface area contributed by atoms with E-state index in [1.54, 1.807) is 4.90 Å². The zero-order chi connectivity index (χ0) is 26.2. The van der Waals surface area contributed by atoms with Crippen LogP contribution in [0.1, 0.15) is 25.0 Å². The van der Waals surface area contributed by atoms with Gasteiger partial charge in [0.05, 0.1) is 18.8 Å². The molecule has 200 valence electrons. The number of aromatic nitrogens is 5. The number of amides is 2. The third kappa shape index (κ3) is 6.72. The lowest BCUT2D eigenvalue weighted by Gasteiger charge is -2.29. The summed E-state index contributed by atoms with van der Waals surface area (Å²) in [6.45, 7) is 4.64.